The zero-order chi connectivity index (χ0) is 24.5. The van der Waals surface area contributed by atoms with E-state index in [0.717, 1.165) is 18.6 Å². The predicted molar refractivity (Wildman–Crippen MR) is 113 cm³/mol. The van der Waals surface area contributed by atoms with Gasteiger partial charge in [0.1, 0.15) is 12.6 Å². The van der Waals surface area contributed by atoms with Gasteiger partial charge in [0.05, 0.1) is 10.5 Å². The van der Waals surface area contributed by atoms with Crippen molar-refractivity contribution in [1.29, 1.82) is 5.41 Å². The fraction of sp³-hybridized carbons (Fsp3) is 0.286. The number of hydrogen-bond acceptors (Lipinski definition) is 7. The lowest BCUT2D eigenvalue weighted by Gasteiger charge is -2.21. The second-order valence-corrected chi connectivity index (χ2v) is 7.62. The van der Waals surface area contributed by atoms with Gasteiger partial charge in [-0.2, -0.15) is 18.2 Å². The fourth-order valence-corrected chi connectivity index (χ4v) is 3.67. The number of benzene rings is 2. The molecule has 4 rings (SSSR count). The monoisotopic (exact) mass is 476 g/mol. The maximum atomic E-state index is 12.7. The minimum atomic E-state index is -4.45. The van der Waals surface area contributed by atoms with E-state index in [-0.39, 0.29) is 41.8 Å². The van der Waals surface area contributed by atoms with Crippen LogP contribution in [0.3, 0.4) is 0 Å². The number of hydrogen-bond donors (Lipinski definition) is 2. The summed E-state index contributed by atoms with van der Waals surface area (Å²) in [5.41, 5.74) is 5.17. The molecule has 0 aliphatic carbocycles. The van der Waals surface area contributed by atoms with E-state index in [1.165, 1.54) is 30.3 Å². The number of nitro groups is 1. The van der Waals surface area contributed by atoms with E-state index in [2.05, 4.69) is 10.1 Å². The third-order valence-electron chi connectivity index (χ3n) is 5.38. The minimum absolute atomic E-state index is 0.0593. The number of ether oxygens (including phenoxy) is 1. The Bertz CT molecular complexity index is 1210. The van der Waals surface area contributed by atoms with Crippen molar-refractivity contribution in [1.82, 2.24) is 15.0 Å². The van der Waals surface area contributed by atoms with Gasteiger partial charge in [0.25, 0.3) is 0 Å². The molecular weight excluding hydrogens is 457 g/mol. The highest BCUT2D eigenvalue weighted by Crippen LogP contribution is 2.35. The molecule has 0 bridgehead atoms. The van der Waals surface area contributed by atoms with Crippen LogP contribution in [0.1, 0.15) is 35.9 Å². The number of halogens is 3. The van der Waals surface area contributed by atoms with Gasteiger partial charge in [-0.3, -0.25) is 15.5 Å². The molecule has 0 amide bonds. The van der Waals surface area contributed by atoms with Crippen LogP contribution in [-0.2, 0) is 12.8 Å². The first kappa shape index (κ1) is 23.0. The van der Waals surface area contributed by atoms with E-state index in [1.54, 1.807) is 4.90 Å². The Morgan fingerprint density at radius 1 is 1.29 bits per heavy atom. The van der Waals surface area contributed by atoms with Gasteiger partial charge in [-0.15, -0.1) is 0 Å². The van der Waals surface area contributed by atoms with E-state index < -0.39 is 16.7 Å². The van der Waals surface area contributed by atoms with Crippen LogP contribution in [0.2, 0.25) is 0 Å². The molecule has 0 radical (unpaired) electrons. The van der Waals surface area contributed by atoms with Crippen LogP contribution in [0.25, 0.3) is 11.4 Å². The van der Waals surface area contributed by atoms with Crippen molar-refractivity contribution in [3.63, 3.8) is 0 Å². The summed E-state index contributed by atoms with van der Waals surface area (Å²) in [5.74, 6) is 0.221. The topological polar surface area (TPSA) is 144 Å². The predicted octanol–water partition coefficient (Wildman–Crippen LogP) is 4.27. The highest BCUT2D eigenvalue weighted by atomic mass is 19.4. The van der Waals surface area contributed by atoms with Gasteiger partial charge in [0, 0.05) is 18.2 Å². The average molecular weight is 476 g/mol. The molecule has 1 aliphatic heterocycles. The number of nitrogens with two attached hydrogens (primary N) is 1. The number of alkyl halides is 3. The van der Waals surface area contributed by atoms with Gasteiger partial charge < -0.3 is 19.9 Å². The highest BCUT2D eigenvalue weighted by Gasteiger charge is 2.32. The number of aromatic nitrogens is 2. The van der Waals surface area contributed by atoms with E-state index >= 15 is 0 Å². The minimum Gasteiger partial charge on any atom is -0.482 e. The van der Waals surface area contributed by atoms with E-state index in [9.17, 15) is 23.3 Å². The Kier molecular flexibility index (Phi) is 6.09. The normalized spacial score (nSPS) is 16.0. The molecular formula is C21H19F3N6O4. The Hall–Kier alpha value is -4.16. The Balaban J connectivity index is 1.52. The fourth-order valence-electron chi connectivity index (χ4n) is 3.67. The molecule has 10 nitrogen and oxygen atoms in total. The molecule has 34 heavy (non-hydrogen) atoms. The molecule has 0 spiro atoms. The summed E-state index contributed by atoms with van der Waals surface area (Å²) in [5, 5.41) is 23.1. The quantitative estimate of drug-likeness (QED) is 0.232. The van der Waals surface area contributed by atoms with Crippen LogP contribution in [0.4, 0.5) is 18.9 Å². The summed E-state index contributed by atoms with van der Waals surface area (Å²) in [6, 6.07) is 8.11. The van der Waals surface area contributed by atoms with Crippen molar-refractivity contribution < 1.29 is 27.4 Å². The highest BCUT2D eigenvalue weighted by molar-refractivity contribution is 5.75. The molecule has 178 valence electrons. The number of nitro benzene ring substituents is 1. The average Bonchev–Trinajstić information content (AvgIpc) is 3.47. The third-order valence-corrected chi connectivity index (χ3v) is 5.38. The van der Waals surface area contributed by atoms with Gasteiger partial charge in [0.2, 0.25) is 11.7 Å². The Morgan fingerprint density at radius 3 is 2.68 bits per heavy atom. The maximum Gasteiger partial charge on any atom is 0.416 e. The van der Waals surface area contributed by atoms with Gasteiger partial charge in [0.15, 0.2) is 11.7 Å². The molecule has 3 aromatic rings. The molecule has 1 aromatic heterocycles. The van der Waals surface area contributed by atoms with Crippen LogP contribution in [0, 0.1) is 15.5 Å². The summed E-state index contributed by atoms with van der Waals surface area (Å²) in [4.78, 5) is 16.9. The Morgan fingerprint density at radius 2 is 2.03 bits per heavy atom. The zero-order valence-corrected chi connectivity index (χ0v) is 17.6. The summed E-state index contributed by atoms with van der Waals surface area (Å²) in [6.07, 6.45) is -2.97. The van der Waals surface area contributed by atoms with Gasteiger partial charge in [-0.1, -0.05) is 17.3 Å². The smallest absolute Gasteiger partial charge is 0.416 e. The van der Waals surface area contributed by atoms with Gasteiger partial charge >= 0.3 is 11.9 Å². The molecule has 2 heterocycles. The standard InChI is InChI=1S/C21H19F3N6O4/c22-21(23,24)14-6-3-12(4-7-14)11-33-17-8-5-13(10-16(17)30(31)32)18-27-19(34-28-18)15-2-1-9-29(15)20(25)26/h3-8,10,15H,1-2,9,11H2,(H3,25,26)/t15-/m0/s1. The molecule has 13 heteroatoms. The van der Waals surface area contributed by atoms with Crippen molar-refractivity contribution in [3.8, 4) is 17.1 Å². The van der Waals surface area contributed by atoms with E-state index in [0.29, 0.717) is 24.1 Å². The van der Waals surface area contributed by atoms with Crippen LogP contribution in [0.5, 0.6) is 5.75 Å². The summed E-state index contributed by atoms with van der Waals surface area (Å²) in [7, 11) is 0. The maximum absolute atomic E-state index is 12.7. The largest absolute Gasteiger partial charge is 0.482 e. The number of rotatable bonds is 6. The molecule has 1 aliphatic rings. The summed E-state index contributed by atoms with van der Waals surface area (Å²) < 4.78 is 48.9. The molecule has 1 fully saturated rings. The van der Waals surface area contributed by atoms with Crippen LogP contribution in [-0.4, -0.2) is 32.5 Å². The number of likely N-dealkylation sites (tertiary alicyclic amines) is 1. The van der Waals surface area contributed by atoms with Gasteiger partial charge in [-0.05, 0) is 42.7 Å². The molecule has 2 aromatic carbocycles. The van der Waals surface area contributed by atoms with Crippen molar-refractivity contribution in [2.45, 2.75) is 31.7 Å². The number of nitrogens with zero attached hydrogens (tertiary/aromatic N) is 4. The zero-order valence-electron chi connectivity index (χ0n) is 17.6. The number of nitrogens with one attached hydrogen (secondary N) is 1. The first-order chi connectivity index (χ1) is 16.1. The van der Waals surface area contributed by atoms with Crippen LogP contribution >= 0.6 is 0 Å². The molecule has 3 N–H and O–H groups in total. The molecule has 0 unspecified atom stereocenters. The summed E-state index contributed by atoms with van der Waals surface area (Å²) in [6.45, 7) is 0.432. The van der Waals surface area contributed by atoms with Gasteiger partial charge in [-0.25, -0.2) is 0 Å². The molecule has 0 saturated carbocycles. The van der Waals surface area contributed by atoms with Crippen molar-refractivity contribution >= 4 is 11.6 Å². The lowest BCUT2D eigenvalue weighted by molar-refractivity contribution is -0.385. The van der Waals surface area contributed by atoms with Crippen LogP contribution in [0.15, 0.2) is 47.0 Å². The first-order valence-corrected chi connectivity index (χ1v) is 10.2. The lowest BCUT2D eigenvalue weighted by atomic mass is 10.1. The second kappa shape index (κ2) is 9.00. The van der Waals surface area contributed by atoms with Crippen molar-refractivity contribution in [2.75, 3.05) is 6.54 Å². The summed E-state index contributed by atoms with van der Waals surface area (Å²) >= 11 is 0. The van der Waals surface area contributed by atoms with E-state index in [4.69, 9.17) is 20.4 Å². The van der Waals surface area contributed by atoms with Crippen molar-refractivity contribution in [2.24, 2.45) is 5.73 Å². The van der Waals surface area contributed by atoms with Crippen molar-refractivity contribution in [3.05, 3.63) is 69.6 Å². The second-order valence-electron chi connectivity index (χ2n) is 7.62. The van der Waals surface area contributed by atoms with E-state index in [1.807, 2.05) is 0 Å². The van der Waals surface area contributed by atoms with Crippen LogP contribution < -0.4 is 10.5 Å². The molecule has 1 atom stereocenters. The SMILES string of the molecule is N=C(N)N1CCC[C@H]1c1nc(-c2ccc(OCc3ccc(C(F)(F)F)cc3)c([N+](=O)[O-])c2)no1. The number of guanidine groups is 1. The Labute approximate surface area is 190 Å². The third kappa shape index (κ3) is 4.77. The first-order valence-electron chi connectivity index (χ1n) is 10.2. The lowest BCUT2D eigenvalue weighted by Crippen LogP contribution is -2.35. The molecule has 1 saturated heterocycles.